The van der Waals surface area contributed by atoms with E-state index < -0.39 is 11.7 Å². The number of halogens is 3. The van der Waals surface area contributed by atoms with Gasteiger partial charge in [-0.25, -0.2) is 4.98 Å². The maximum Gasteiger partial charge on any atom is 0.417 e. The Kier molecular flexibility index (Phi) is 4.70. The zero-order valence-corrected chi connectivity index (χ0v) is 13.4. The minimum atomic E-state index is -4.45. The number of hydrogen-bond donors (Lipinski definition) is 0. The second-order valence-electron chi connectivity index (χ2n) is 5.29. The molecule has 0 saturated heterocycles. The highest BCUT2D eigenvalue weighted by Crippen LogP contribution is 2.36. The highest BCUT2D eigenvalue weighted by atomic mass is 19.4. The molecule has 0 saturated carbocycles. The molecule has 25 heavy (non-hydrogen) atoms. The lowest BCUT2D eigenvalue weighted by Gasteiger charge is -2.12. The van der Waals surface area contributed by atoms with Gasteiger partial charge in [0, 0.05) is 11.1 Å². The minimum absolute atomic E-state index is 0.00952. The van der Waals surface area contributed by atoms with Crippen LogP contribution in [0.15, 0.2) is 60.9 Å². The Labute approximate surface area is 143 Å². The predicted molar refractivity (Wildman–Crippen MR) is 89.1 cm³/mol. The zero-order valence-electron chi connectivity index (χ0n) is 13.4. The van der Waals surface area contributed by atoms with Gasteiger partial charge >= 0.3 is 6.18 Å². The lowest BCUT2D eigenvalue weighted by Crippen LogP contribution is -2.07. The molecule has 3 rings (SSSR count). The van der Waals surface area contributed by atoms with Crippen LogP contribution in [0, 0.1) is 0 Å². The van der Waals surface area contributed by atoms with Gasteiger partial charge in [-0.2, -0.15) is 13.2 Å². The van der Waals surface area contributed by atoms with Crippen LogP contribution >= 0.6 is 0 Å². The smallest absolute Gasteiger partial charge is 0.417 e. The first-order valence-corrected chi connectivity index (χ1v) is 7.71. The molecule has 3 aromatic rings. The first-order chi connectivity index (χ1) is 12.0. The van der Waals surface area contributed by atoms with E-state index in [1.54, 1.807) is 30.3 Å². The molecular weight excluding hydrogens is 329 g/mol. The van der Waals surface area contributed by atoms with Gasteiger partial charge in [-0.1, -0.05) is 18.2 Å². The Balaban J connectivity index is 2.00. The van der Waals surface area contributed by atoms with Gasteiger partial charge in [0.2, 0.25) is 0 Å². The van der Waals surface area contributed by atoms with Crippen LogP contribution in [0.3, 0.4) is 0 Å². The number of benzene rings is 2. The Bertz CT molecular complexity index is 861. The molecule has 0 aliphatic heterocycles. The van der Waals surface area contributed by atoms with Gasteiger partial charge in [-0.3, -0.25) is 4.98 Å². The van der Waals surface area contributed by atoms with Gasteiger partial charge in [-0.15, -0.1) is 0 Å². The first-order valence-electron chi connectivity index (χ1n) is 7.71. The topological polar surface area (TPSA) is 35.0 Å². The summed E-state index contributed by atoms with van der Waals surface area (Å²) in [5.74, 6) is 0.720. The molecule has 2 aromatic carbocycles. The molecule has 3 nitrogen and oxygen atoms in total. The summed E-state index contributed by atoms with van der Waals surface area (Å²) < 4.78 is 45.0. The highest BCUT2D eigenvalue weighted by Gasteiger charge is 2.33. The number of hydrogen-bond acceptors (Lipinski definition) is 3. The summed E-state index contributed by atoms with van der Waals surface area (Å²) in [6, 6.07) is 12.5. The van der Waals surface area contributed by atoms with Gasteiger partial charge in [0.25, 0.3) is 0 Å². The van der Waals surface area contributed by atoms with Crippen molar-refractivity contribution in [2.24, 2.45) is 0 Å². The Hall–Kier alpha value is -2.89. The minimum Gasteiger partial charge on any atom is -0.494 e. The van der Waals surface area contributed by atoms with E-state index in [1.165, 1.54) is 24.5 Å². The second kappa shape index (κ2) is 6.93. The molecule has 0 fully saturated rings. The van der Waals surface area contributed by atoms with Crippen LogP contribution in [0.5, 0.6) is 5.75 Å². The first kappa shape index (κ1) is 17.0. The molecule has 128 valence electrons. The quantitative estimate of drug-likeness (QED) is 0.650. The monoisotopic (exact) mass is 344 g/mol. The fourth-order valence-electron chi connectivity index (χ4n) is 2.48. The van der Waals surface area contributed by atoms with E-state index >= 15 is 0 Å². The van der Waals surface area contributed by atoms with Crippen molar-refractivity contribution >= 4 is 0 Å². The Morgan fingerprint density at radius 3 is 2.28 bits per heavy atom. The summed E-state index contributed by atoms with van der Waals surface area (Å²) in [6.45, 7) is 2.45. The Morgan fingerprint density at radius 2 is 1.60 bits per heavy atom. The van der Waals surface area contributed by atoms with E-state index in [0.717, 1.165) is 17.4 Å². The van der Waals surface area contributed by atoms with E-state index in [-0.39, 0.29) is 11.3 Å². The highest BCUT2D eigenvalue weighted by molar-refractivity contribution is 5.67. The van der Waals surface area contributed by atoms with Crippen molar-refractivity contribution in [3.63, 3.8) is 0 Å². The molecule has 0 amide bonds. The molecule has 0 atom stereocenters. The number of alkyl halides is 3. The van der Waals surface area contributed by atoms with Crippen molar-refractivity contribution in [2.45, 2.75) is 13.1 Å². The summed E-state index contributed by atoms with van der Waals surface area (Å²) >= 11 is 0. The van der Waals surface area contributed by atoms with Gasteiger partial charge in [0.05, 0.1) is 36.0 Å². The van der Waals surface area contributed by atoms with Crippen LogP contribution < -0.4 is 4.74 Å². The molecular formula is C19H15F3N2O. The van der Waals surface area contributed by atoms with E-state index in [9.17, 15) is 13.2 Å². The molecule has 1 heterocycles. The molecule has 0 aliphatic carbocycles. The largest absolute Gasteiger partial charge is 0.494 e. The van der Waals surface area contributed by atoms with Crippen LogP contribution in [-0.2, 0) is 6.18 Å². The maximum atomic E-state index is 13.2. The molecule has 0 radical (unpaired) electrons. The number of ether oxygens (including phenoxy) is 1. The van der Waals surface area contributed by atoms with Crippen LogP contribution in [0.1, 0.15) is 12.5 Å². The fourth-order valence-corrected chi connectivity index (χ4v) is 2.48. The van der Waals surface area contributed by atoms with Crippen molar-refractivity contribution in [1.29, 1.82) is 0 Å². The van der Waals surface area contributed by atoms with Gasteiger partial charge in [0.15, 0.2) is 0 Å². The van der Waals surface area contributed by atoms with Crippen molar-refractivity contribution in [2.75, 3.05) is 6.61 Å². The summed E-state index contributed by atoms with van der Waals surface area (Å²) in [7, 11) is 0. The lowest BCUT2D eigenvalue weighted by molar-refractivity contribution is -0.137. The predicted octanol–water partition coefficient (Wildman–Crippen LogP) is 5.23. The van der Waals surface area contributed by atoms with Crippen LogP contribution in [0.2, 0.25) is 0 Å². The zero-order chi connectivity index (χ0) is 17.9. The third-order valence-corrected chi connectivity index (χ3v) is 3.60. The van der Waals surface area contributed by atoms with Gasteiger partial charge < -0.3 is 4.74 Å². The maximum absolute atomic E-state index is 13.2. The van der Waals surface area contributed by atoms with Crippen LogP contribution in [0.25, 0.3) is 22.5 Å². The summed E-state index contributed by atoms with van der Waals surface area (Å²) in [5, 5.41) is 0. The third kappa shape index (κ3) is 3.79. The van der Waals surface area contributed by atoms with E-state index in [2.05, 4.69) is 9.97 Å². The van der Waals surface area contributed by atoms with Crippen LogP contribution in [0.4, 0.5) is 13.2 Å². The lowest BCUT2D eigenvalue weighted by atomic mass is 10.0. The van der Waals surface area contributed by atoms with Crippen molar-refractivity contribution in [3.05, 3.63) is 66.5 Å². The average molecular weight is 344 g/mol. The van der Waals surface area contributed by atoms with Crippen molar-refractivity contribution < 1.29 is 17.9 Å². The van der Waals surface area contributed by atoms with Gasteiger partial charge in [-0.05, 0) is 37.3 Å². The molecule has 6 heteroatoms. The van der Waals surface area contributed by atoms with Gasteiger partial charge in [0.1, 0.15) is 5.75 Å². The molecule has 0 bridgehead atoms. The van der Waals surface area contributed by atoms with Crippen molar-refractivity contribution in [3.8, 4) is 28.3 Å². The van der Waals surface area contributed by atoms with Crippen LogP contribution in [-0.4, -0.2) is 16.6 Å². The molecule has 0 unspecified atom stereocenters. The Morgan fingerprint density at radius 1 is 0.920 bits per heavy atom. The summed E-state index contributed by atoms with van der Waals surface area (Å²) in [4.78, 5) is 8.42. The average Bonchev–Trinajstić information content (AvgIpc) is 2.62. The molecule has 0 N–H and O–H groups in total. The number of rotatable bonds is 4. The number of aromatic nitrogens is 2. The van der Waals surface area contributed by atoms with E-state index in [0.29, 0.717) is 12.3 Å². The molecule has 0 aliphatic rings. The normalized spacial score (nSPS) is 11.4. The SMILES string of the molecule is CCOc1ccc(-c2cncc(-c3ccccc3C(F)(F)F)n2)cc1. The van der Waals surface area contributed by atoms with Crippen molar-refractivity contribution in [1.82, 2.24) is 9.97 Å². The summed E-state index contributed by atoms with van der Waals surface area (Å²) in [6.07, 6.45) is -1.59. The molecule has 1 aromatic heterocycles. The second-order valence-corrected chi connectivity index (χ2v) is 5.29. The van der Waals surface area contributed by atoms with E-state index in [4.69, 9.17) is 4.74 Å². The summed E-state index contributed by atoms with van der Waals surface area (Å²) in [5.41, 5.74) is 0.711. The third-order valence-electron chi connectivity index (χ3n) is 3.60. The van der Waals surface area contributed by atoms with E-state index in [1.807, 2.05) is 6.92 Å². The number of nitrogens with zero attached hydrogens (tertiary/aromatic N) is 2. The fraction of sp³-hybridized carbons (Fsp3) is 0.158. The molecule has 0 spiro atoms. The standard InChI is InChI=1S/C19H15F3N2O/c1-2-25-14-9-7-13(8-10-14)17-11-23-12-18(24-17)15-5-3-4-6-16(15)19(20,21)22/h3-12H,2H2,1H3.